The highest BCUT2D eigenvalue weighted by Gasteiger charge is 2.47. The number of nitrogens with zero attached hydrogens (tertiary/aromatic N) is 4. The van der Waals surface area contributed by atoms with Crippen LogP contribution >= 0.6 is 23.7 Å². The number of fused-ring (bicyclic) bond motifs is 1. The van der Waals surface area contributed by atoms with Crippen molar-refractivity contribution in [2.75, 3.05) is 25.2 Å². The lowest BCUT2D eigenvalue weighted by molar-refractivity contribution is -0.152. The standard InChI is InChI=1S/C31H39BrF3N8O9PS/c1-17-24(44)22(51-27(17)43-16-37-23-25(38-29(36)39-26(23)43)42(4)41-54(5,47)48)15-50-53(46,52-20-12-10-19(32)11-13-20)40-30(2,3)28(45)49-14-18-8-6-7-9-21(18)31(33,34)35/h6-13,16-17,22,24,27,29,39,41,44H,14-15,36H2,1-5H3,(H,40,46)/t17-,22?,24-,27?,29?,53?/m0/s1. The third kappa shape index (κ3) is 9.79. The maximum absolute atomic E-state index is 14.4. The van der Waals surface area contributed by atoms with Gasteiger partial charge in [-0.2, -0.15) is 18.3 Å². The molecule has 0 saturated carbocycles. The van der Waals surface area contributed by atoms with Gasteiger partial charge in [-0.25, -0.2) is 23.0 Å². The van der Waals surface area contributed by atoms with Crippen LogP contribution in [-0.4, -0.2) is 83.8 Å². The third-order valence-electron chi connectivity index (χ3n) is 8.19. The minimum absolute atomic E-state index is 0.0664. The van der Waals surface area contributed by atoms with Crippen molar-refractivity contribution in [2.45, 2.75) is 63.8 Å². The molecule has 0 radical (unpaired) electrons. The van der Waals surface area contributed by atoms with Gasteiger partial charge in [-0.05, 0) is 44.2 Å². The Morgan fingerprint density at radius 3 is 2.52 bits per heavy atom. The molecule has 4 unspecified atom stereocenters. The first-order valence-electron chi connectivity index (χ1n) is 16.1. The summed E-state index contributed by atoms with van der Waals surface area (Å²) in [5, 5.41) is 17.9. The molecule has 1 saturated heterocycles. The number of hydrogen-bond donors (Lipinski definition) is 5. The molecule has 0 amide bonds. The van der Waals surface area contributed by atoms with Crippen molar-refractivity contribution in [3.05, 3.63) is 76.2 Å². The average molecular weight is 868 g/mol. The van der Waals surface area contributed by atoms with Crippen LogP contribution in [0.4, 0.5) is 19.0 Å². The maximum Gasteiger partial charge on any atom is 0.459 e. The summed E-state index contributed by atoms with van der Waals surface area (Å²) in [6, 6.07) is 10.8. The number of carbonyl (C=O) groups excluding carboxylic acids is 1. The Morgan fingerprint density at radius 2 is 1.87 bits per heavy atom. The second-order valence-electron chi connectivity index (χ2n) is 13.0. The highest BCUT2D eigenvalue weighted by Crippen LogP contribution is 2.48. The molecule has 0 bridgehead atoms. The number of amidine groups is 1. The molecule has 5 rings (SSSR count). The number of benzene rings is 2. The van der Waals surface area contributed by atoms with E-state index in [2.05, 4.69) is 41.1 Å². The Kier molecular flexibility index (Phi) is 12.2. The number of esters is 1. The fourth-order valence-corrected chi connectivity index (χ4v) is 8.16. The monoisotopic (exact) mass is 866 g/mol. The Bertz CT molecular complexity index is 2040. The van der Waals surface area contributed by atoms with E-state index in [0.717, 1.165) is 17.3 Å². The molecule has 1 aromatic heterocycles. The molecule has 6 N–H and O–H groups in total. The lowest BCUT2D eigenvalue weighted by Gasteiger charge is -2.30. The number of ether oxygens (including phenoxy) is 2. The van der Waals surface area contributed by atoms with E-state index in [1.807, 2.05) is 0 Å². The zero-order valence-electron chi connectivity index (χ0n) is 29.4. The number of alkyl halides is 3. The van der Waals surface area contributed by atoms with Gasteiger partial charge in [-0.15, -0.1) is 4.83 Å². The molecule has 2 aliphatic rings. The topological polar surface area (TPSA) is 221 Å². The summed E-state index contributed by atoms with van der Waals surface area (Å²) in [4.78, 5) is 24.1. The van der Waals surface area contributed by atoms with Gasteiger partial charge in [-0.1, -0.05) is 41.1 Å². The fourth-order valence-electron chi connectivity index (χ4n) is 5.63. The molecule has 54 heavy (non-hydrogen) atoms. The Hall–Kier alpha value is -3.60. The number of imidazole rings is 1. The van der Waals surface area contributed by atoms with Crippen molar-refractivity contribution >= 4 is 51.3 Å². The number of aliphatic hydroxyl groups is 1. The van der Waals surface area contributed by atoms with Crippen LogP contribution in [0.15, 0.2) is 64.3 Å². The van der Waals surface area contributed by atoms with Crippen LogP contribution in [-0.2, 0) is 46.2 Å². The van der Waals surface area contributed by atoms with Gasteiger partial charge in [0.05, 0.1) is 30.9 Å². The molecular weight excluding hydrogens is 828 g/mol. The minimum atomic E-state index is -4.69. The van der Waals surface area contributed by atoms with E-state index in [9.17, 15) is 36.1 Å². The molecule has 2 aliphatic heterocycles. The number of hydrazine groups is 1. The van der Waals surface area contributed by atoms with Crippen LogP contribution in [0.1, 0.15) is 43.8 Å². The molecule has 1 fully saturated rings. The summed E-state index contributed by atoms with van der Waals surface area (Å²) in [7, 11) is -6.83. The molecule has 296 valence electrons. The van der Waals surface area contributed by atoms with E-state index < -0.39 is 84.9 Å². The summed E-state index contributed by atoms with van der Waals surface area (Å²) in [6.07, 6.45) is -6.57. The van der Waals surface area contributed by atoms with Crippen molar-refractivity contribution in [2.24, 2.45) is 16.6 Å². The van der Waals surface area contributed by atoms with Crippen molar-refractivity contribution in [3.8, 4) is 5.75 Å². The van der Waals surface area contributed by atoms with Crippen LogP contribution in [0.3, 0.4) is 0 Å². The molecule has 3 heterocycles. The van der Waals surface area contributed by atoms with Gasteiger partial charge in [0.25, 0.3) is 0 Å². The number of nitrogens with one attached hydrogen (secondary N) is 3. The molecule has 0 spiro atoms. The second-order valence-corrected chi connectivity index (χ2v) is 17.3. The Labute approximate surface area is 317 Å². The Balaban J connectivity index is 1.33. The molecule has 17 nitrogen and oxygen atoms in total. The van der Waals surface area contributed by atoms with Gasteiger partial charge >= 0.3 is 19.9 Å². The quantitative estimate of drug-likeness (QED) is 0.0941. The van der Waals surface area contributed by atoms with Gasteiger partial charge in [0.15, 0.2) is 12.1 Å². The predicted octanol–water partition coefficient (Wildman–Crippen LogP) is 3.68. The summed E-state index contributed by atoms with van der Waals surface area (Å²) in [5.41, 5.74) is 3.21. The number of carbonyl (C=O) groups is 1. The SMILES string of the molecule is C[C@@H]1C(n2cnc3c2NC(N)N=C3N(C)NS(C)(=O)=O)OC(COP(=O)(NC(C)(C)C(=O)OCc2ccccc2C(F)(F)F)Oc2ccc(Br)cc2)[C@H]1O. The highest BCUT2D eigenvalue weighted by molar-refractivity contribution is 9.10. The van der Waals surface area contributed by atoms with Crippen LogP contribution in [0.2, 0.25) is 0 Å². The van der Waals surface area contributed by atoms with Crippen molar-refractivity contribution in [1.82, 2.24) is 24.5 Å². The number of sulfonamides is 1. The first-order valence-corrected chi connectivity index (χ1v) is 20.3. The lowest BCUT2D eigenvalue weighted by Crippen LogP contribution is -2.47. The van der Waals surface area contributed by atoms with Crippen LogP contribution < -0.4 is 25.5 Å². The molecule has 6 atom stereocenters. The van der Waals surface area contributed by atoms with E-state index in [-0.39, 0.29) is 22.8 Å². The van der Waals surface area contributed by atoms with Gasteiger partial charge in [0.2, 0.25) is 10.0 Å². The highest BCUT2D eigenvalue weighted by atomic mass is 79.9. The normalized spacial score (nSPS) is 22.8. The minimum Gasteiger partial charge on any atom is -0.459 e. The van der Waals surface area contributed by atoms with Crippen molar-refractivity contribution in [3.63, 3.8) is 0 Å². The third-order valence-corrected chi connectivity index (χ3v) is 11.1. The van der Waals surface area contributed by atoms with E-state index in [1.54, 1.807) is 19.1 Å². The molecule has 23 heteroatoms. The zero-order valence-corrected chi connectivity index (χ0v) is 32.7. The van der Waals surface area contributed by atoms with E-state index in [0.29, 0.717) is 10.3 Å². The summed E-state index contributed by atoms with van der Waals surface area (Å²) >= 11 is 3.30. The zero-order chi connectivity index (χ0) is 39.8. The van der Waals surface area contributed by atoms with Crippen molar-refractivity contribution in [1.29, 1.82) is 0 Å². The number of hydrogen-bond acceptors (Lipinski definition) is 14. The van der Waals surface area contributed by atoms with Gasteiger partial charge in [0, 0.05) is 23.0 Å². The van der Waals surface area contributed by atoms with Crippen LogP contribution in [0, 0.1) is 5.92 Å². The van der Waals surface area contributed by atoms with E-state index >= 15 is 0 Å². The summed E-state index contributed by atoms with van der Waals surface area (Å²) in [5.74, 6) is -1.21. The predicted molar refractivity (Wildman–Crippen MR) is 192 cm³/mol. The lowest BCUT2D eigenvalue weighted by atomic mass is 10.0. The average Bonchev–Trinajstić information content (AvgIpc) is 3.61. The fraction of sp³-hybridized carbons (Fsp3) is 0.452. The van der Waals surface area contributed by atoms with Gasteiger partial charge < -0.3 is 24.4 Å². The number of rotatable bonds is 13. The maximum atomic E-state index is 14.4. The second kappa shape index (κ2) is 15.9. The van der Waals surface area contributed by atoms with Crippen LogP contribution in [0.25, 0.3) is 0 Å². The smallest absolute Gasteiger partial charge is 0.459 e. The van der Waals surface area contributed by atoms with Gasteiger partial charge in [0.1, 0.15) is 41.7 Å². The van der Waals surface area contributed by atoms with Crippen molar-refractivity contribution < 1.29 is 54.6 Å². The number of aliphatic imine (C=N–C) groups is 1. The van der Waals surface area contributed by atoms with Gasteiger partial charge in [-0.3, -0.25) is 24.6 Å². The largest absolute Gasteiger partial charge is 0.459 e. The number of anilines is 1. The van der Waals surface area contributed by atoms with E-state index in [4.69, 9.17) is 24.3 Å². The first kappa shape index (κ1) is 41.6. The molecule has 0 aliphatic carbocycles. The number of nitrogens with two attached hydrogens (primary N) is 1. The molecule has 2 aromatic carbocycles. The molecule has 3 aromatic rings. The summed E-state index contributed by atoms with van der Waals surface area (Å²) < 4.78 is 104. The summed E-state index contributed by atoms with van der Waals surface area (Å²) in [6.45, 7) is 2.99. The first-order chi connectivity index (χ1) is 25.1. The Morgan fingerprint density at radius 1 is 1.20 bits per heavy atom. The van der Waals surface area contributed by atoms with E-state index in [1.165, 1.54) is 62.1 Å². The van der Waals surface area contributed by atoms with Crippen LogP contribution in [0.5, 0.6) is 5.75 Å². The molecular formula is C31H39BrF3N8O9PS. The number of halogens is 4. The number of aliphatic hydroxyl groups excluding tert-OH is 1. The number of aromatic nitrogens is 2.